The Bertz CT molecular complexity index is 548. The van der Waals surface area contributed by atoms with Gasteiger partial charge in [-0.25, -0.2) is 0 Å². The number of fused-ring (bicyclic) bond motifs is 2. The Balaban J connectivity index is 2.10. The molecule has 17 heavy (non-hydrogen) atoms. The summed E-state index contributed by atoms with van der Waals surface area (Å²) in [5.41, 5.74) is 0. The summed E-state index contributed by atoms with van der Waals surface area (Å²) in [4.78, 5) is 0. The molecule has 0 saturated heterocycles. The molecule has 0 aliphatic carbocycles. The van der Waals surface area contributed by atoms with Crippen molar-refractivity contribution in [3.63, 3.8) is 0 Å². The van der Waals surface area contributed by atoms with Crippen LogP contribution >= 0.6 is 0 Å². The molecule has 3 rings (SSSR count). The van der Waals surface area contributed by atoms with Gasteiger partial charge in [-0.15, -0.1) is 0 Å². The van der Waals surface area contributed by atoms with E-state index in [0.717, 1.165) is 17.9 Å². The molecule has 2 nitrogen and oxygen atoms in total. The van der Waals surface area contributed by atoms with Crippen LogP contribution in [0, 0.1) is 0 Å². The highest BCUT2D eigenvalue weighted by molar-refractivity contribution is 5.86. The van der Waals surface area contributed by atoms with Crippen LogP contribution in [0.5, 0.6) is 11.5 Å². The standard InChI is InChI=1S/C15H16O2/c1-3-13-10(2)16-14-8-11-6-4-5-7-12(11)9-15(14)17-13/h4-10,13H,3H2,1-2H3. The molecule has 0 N–H and O–H groups in total. The molecular formula is C15H16O2. The molecule has 0 fully saturated rings. The van der Waals surface area contributed by atoms with E-state index in [2.05, 4.69) is 38.1 Å². The average molecular weight is 228 g/mol. The van der Waals surface area contributed by atoms with Crippen LogP contribution < -0.4 is 9.47 Å². The van der Waals surface area contributed by atoms with Crippen molar-refractivity contribution in [1.82, 2.24) is 0 Å². The molecule has 2 unspecified atom stereocenters. The molecule has 2 aromatic rings. The summed E-state index contributed by atoms with van der Waals surface area (Å²) in [6, 6.07) is 12.4. The fourth-order valence-corrected chi connectivity index (χ4v) is 2.33. The van der Waals surface area contributed by atoms with Crippen LogP contribution in [0.3, 0.4) is 0 Å². The first-order chi connectivity index (χ1) is 8.28. The van der Waals surface area contributed by atoms with E-state index in [-0.39, 0.29) is 12.2 Å². The van der Waals surface area contributed by atoms with Gasteiger partial charge in [0.15, 0.2) is 11.5 Å². The molecular weight excluding hydrogens is 212 g/mol. The molecule has 1 aliphatic heterocycles. The fourth-order valence-electron chi connectivity index (χ4n) is 2.33. The second kappa shape index (κ2) is 3.95. The van der Waals surface area contributed by atoms with E-state index < -0.39 is 0 Å². The Kier molecular flexibility index (Phi) is 2.43. The lowest BCUT2D eigenvalue weighted by atomic mass is 10.1. The van der Waals surface area contributed by atoms with Crippen molar-refractivity contribution in [2.45, 2.75) is 32.5 Å². The molecule has 0 saturated carbocycles. The Morgan fingerprint density at radius 2 is 1.59 bits per heavy atom. The predicted molar refractivity (Wildman–Crippen MR) is 68.7 cm³/mol. The van der Waals surface area contributed by atoms with Crippen LogP contribution in [-0.4, -0.2) is 12.2 Å². The van der Waals surface area contributed by atoms with Gasteiger partial charge in [-0.3, -0.25) is 0 Å². The van der Waals surface area contributed by atoms with E-state index in [4.69, 9.17) is 9.47 Å². The van der Waals surface area contributed by atoms with Crippen molar-refractivity contribution in [3.05, 3.63) is 36.4 Å². The zero-order valence-electron chi connectivity index (χ0n) is 10.1. The maximum atomic E-state index is 5.98. The first-order valence-corrected chi connectivity index (χ1v) is 6.14. The van der Waals surface area contributed by atoms with E-state index in [9.17, 15) is 0 Å². The van der Waals surface area contributed by atoms with Crippen LogP contribution in [-0.2, 0) is 0 Å². The topological polar surface area (TPSA) is 18.5 Å². The molecule has 2 atom stereocenters. The van der Waals surface area contributed by atoms with Crippen molar-refractivity contribution in [2.24, 2.45) is 0 Å². The van der Waals surface area contributed by atoms with Gasteiger partial charge in [0.2, 0.25) is 0 Å². The fraction of sp³-hybridized carbons (Fsp3) is 0.333. The second-order valence-corrected chi connectivity index (χ2v) is 4.53. The van der Waals surface area contributed by atoms with Gasteiger partial charge in [0.05, 0.1) is 0 Å². The third kappa shape index (κ3) is 1.74. The Morgan fingerprint density at radius 1 is 1.00 bits per heavy atom. The molecule has 88 valence electrons. The van der Waals surface area contributed by atoms with E-state index >= 15 is 0 Å². The second-order valence-electron chi connectivity index (χ2n) is 4.53. The minimum Gasteiger partial charge on any atom is -0.483 e. The lowest BCUT2D eigenvalue weighted by Crippen LogP contribution is -2.36. The number of rotatable bonds is 1. The predicted octanol–water partition coefficient (Wildman–Crippen LogP) is 3.78. The van der Waals surface area contributed by atoms with Gasteiger partial charge in [0, 0.05) is 0 Å². The van der Waals surface area contributed by atoms with Gasteiger partial charge < -0.3 is 9.47 Å². The normalized spacial score (nSPS) is 22.7. The molecule has 1 heterocycles. The lowest BCUT2D eigenvalue weighted by molar-refractivity contribution is 0.0299. The molecule has 0 amide bonds. The quantitative estimate of drug-likeness (QED) is 0.739. The Labute approximate surface area is 101 Å². The largest absolute Gasteiger partial charge is 0.483 e. The first-order valence-electron chi connectivity index (χ1n) is 6.14. The smallest absolute Gasteiger partial charge is 0.162 e. The van der Waals surface area contributed by atoms with Crippen LogP contribution in [0.2, 0.25) is 0 Å². The van der Waals surface area contributed by atoms with Gasteiger partial charge in [-0.1, -0.05) is 31.2 Å². The summed E-state index contributed by atoms with van der Waals surface area (Å²) in [7, 11) is 0. The molecule has 2 aromatic carbocycles. The first kappa shape index (κ1) is 10.5. The zero-order valence-corrected chi connectivity index (χ0v) is 10.1. The number of ether oxygens (including phenoxy) is 2. The average Bonchev–Trinajstić information content (AvgIpc) is 2.35. The number of hydrogen-bond donors (Lipinski definition) is 0. The minimum atomic E-state index is 0.119. The maximum Gasteiger partial charge on any atom is 0.162 e. The van der Waals surface area contributed by atoms with Crippen LogP contribution in [0.25, 0.3) is 10.8 Å². The van der Waals surface area contributed by atoms with Crippen LogP contribution in [0.4, 0.5) is 0 Å². The maximum absolute atomic E-state index is 5.98. The van der Waals surface area contributed by atoms with E-state index in [0.29, 0.717) is 0 Å². The molecule has 1 aliphatic rings. The van der Waals surface area contributed by atoms with Gasteiger partial charge >= 0.3 is 0 Å². The van der Waals surface area contributed by atoms with Gasteiger partial charge in [0.25, 0.3) is 0 Å². The number of hydrogen-bond acceptors (Lipinski definition) is 2. The summed E-state index contributed by atoms with van der Waals surface area (Å²) < 4.78 is 11.9. The highest BCUT2D eigenvalue weighted by atomic mass is 16.6. The Morgan fingerprint density at radius 3 is 2.18 bits per heavy atom. The van der Waals surface area contributed by atoms with Crippen molar-refractivity contribution in [3.8, 4) is 11.5 Å². The van der Waals surface area contributed by atoms with Gasteiger partial charge in [-0.05, 0) is 36.2 Å². The summed E-state index contributed by atoms with van der Waals surface area (Å²) in [6.07, 6.45) is 1.24. The third-order valence-electron chi connectivity index (χ3n) is 3.33. The molecule has 0 bridgehead atoms. The minimum absolute atomic E-state index is 0.119. The SMILES string of the molecule is CCC1Oc2cc3ccccc3cc2OC1C. The summed E-state index contributed by atoms with van der Waals surface area (Å²) in [5.74, 6) is 1.73. The monoisotopic (exact) mass is 228 g/mol. The molecule has 2 heteroatoms. The van der Waals surface area contributed by atoms with E-state index in [1.54, 1.807) is 0 Å². The highest BCUT2D eigenvalue weighted by Gasteiger charge is 2.26. The van der Waals surface area contributed by atoms with Crippen molar-refractivity contribution < 1.29 is 9.47 Å². The summed E-state index contributed by atoms with van der Waals surface area (Å²) >= 11 is 0. The zero-order chi connectivity index (χ0) is 11.8. The van der Waals surface area contributed by atoms with Gasteiger partial charge in [-0.2, -0.15) is 0 Å². The van der Waals surface area contributed by atoms with Crippen LogP contribution in [0.15, 0.2) is 36.4 Å². The third-order valence-corrected chi connectivity index (χ3v) is 3.33. The van der Waals surface area contributed by atoms with E-state index in [1.807, 2.05) is 12.1 Å². The highest BCUT2D eigenvalue weighted by Crippen LogP contribution is 2.38. The molecule has 0 spiro atoms. The van der Waals surface area contributed by atoms with Crippen molar-refractivity contribution in [2.75, 3.05) is 0 Å². The van der Waals surface area contributed by atoms with Crippen LogP contribution in [0.1, 0.15) is 20.3 Å². The number of benzene rings is 2. The summed E-state index contributed by atoms with van der Waals surface area (Å²) in [5, 5.41) is 2.39. The molecule has 0 radical (unpaired) electrons. The Hall–Kier alpha value is -1.70. The van der Waals surface area contributed by atoms with E-state index in [1.165, 1.54) is 10.8 Å². The van der Waals surface area contributed by atoms with Crippen molar-refractivity contribution >= 4 is 10.8 Å². The van der Waals surface area contributed by atoms with Gasteiger partial charge in [0.1, 0.15) is 12.2 Å². The summed E-state index contributed by atoms with van der Waals surface area (Å²) in [6.45, 7) is 4.18. The van der Waals surface area contributed by atoms with Crippen molar-refractivity contribution in [1.29, 1.82) is 0 Å². The lowest BCUT2D eigenvalue weighted by Gasteiger charge is -2.31. The molecule has 0 aromatic heterocycles.